The maximum atomic E-state index is 14.7. The van der Waals surface area contributed by atoms with Crippen molar-refractivity contribution >= 4 is 5.91 Å². The number of nitrogens with zero attached hydrogens (tertiary/aromatic N) is 3. The van der Waals surface area contributed by atoms with Crippen molar-refractivity contribution in [2.45, 2.75) is 46.0 Å². The van der Waals surface area contributed by atoms with E-state index in [1.165, 1.54) is 19.2 Å². The van der Waals surface area contributed by atoms with Crippen LogP contribution < -0.4 is 15.6 Å². The first-order valence-corrected chi connectivity index (χ1v) is 12.7. The molecule has 0 aliphatic carbocycles. The van der Waals surface area contributed by atoms with Gasteiger partial charge in [-0.1, -0.05) is 44.2 Å². The molecule has 204 valence electrons. The van der Waals surface area contributed by atoms with Gasteiger partial charge in [-0.05, 0) is 35.2 Å². The van der Waals surface area contributed by atoms with Crippen LogP contribution in [-0.2, 0) is 31.0 Å². The van der Waals surface area contributed by atoms with Crippen molar-refractivity contribution in [1.29, 1.82) is 0 Å². The van der Waals surface area contributed by atoms with Crippen LogP contribution in [0.5, 0.6) is 5.75 Å². The topological polar surface area (TPSA) is 87.4 Å². The molecule has 0 radical (unpaired) electrons. The summed E-state index contributed by atoms with van der Waals surface area (Å²) in [6, 6.07) is 15.9. The Morgan fingerprint density at radius 2 is 1.74 bits per heavy atom. The number of aromatic nitrogens is 3. The fourth-order valence-electron chi connectivity index (χ4n) is 4.57. The van der Waals surface area contributed by atoms with Crippen molar-refractivity contribution in [3.8, 4) is 5.75 Å². The van der Waals surface area contributed by atoms with Gasteiger partial charge < -0.3 is 19.4 Å². The number of carbonyl (C=O) groups excluding carboxylic acids is 1. The van der Waals surface area contributed by atoms with Gasteiger partial charge >= 0.3 is 0 Å². The first-order valence-electron chi connectivity index (χ1n) is 12.7. The lowest BCUT2D eigenvalue weighted by atomic mass is 9.95. The molecule has 0 atom stereocenters. The van der Waals surface area contributed by atoms with E-state index >= 15 is 0 Å². The fourth-order valence-corrected chi connectivity index (χ4v) is 4.57. The molecule has 0 bridgehead atoms. The third-order valence-corrected chi connectivity index (χ3v) is 6.47. The first kappa shape index (κ1) is 27.8. The minimum Gasteiger partial charge on any atom is -0.496 e. The van der Waals surface area contributed by atoms with Crippen molar-refractivity contribution in [1.82, 2.24) is 19.7 Å². The van der Waals surface area contributed by atoms with E-state index < -0.39 is 5.82 Å². The van der Waals surface area contributed by atoms with Crippen LogP contribution in [0, 0.1) is 5.82 Å². The van der Waals surface area contributed by atoms with Crippen molar-refractivity contribution in [3.05, 3.63) is 117 Å². The molecule has 1 amide bonds. The van der Waals surface area contributed by atoms with Crippen LogP contribution in [0.15, 0.2) is 71.8 Å². The summed E-state index contributed by atoms with van der Waals surface area (Å²) in [6.45, 7) is 5.01. The van der Waals surface area contributed by atoms with Gasteiger partial charge in [0, 0.05) is 43.2 Å². The Bertz CT molecular complexity index is 1490. The molecular formula is C30H33FN4O4. The number of hydrogen-bond acceptors (Lipinski definition) is 5. The average Bonchev–Trinajstić information content (AvgIpc) is 3.32. The van der Waals surface area contributed by atoms with Gasteiger partial charge in [0.25, 0.3) is 11.5 Å². The summed E-state index contributed by atoms with van der Waals surface area (Å²) in [7, 11) is 3.09. The highest BCUT2D eigenvalue weighted by Gasteiger charge is 2.20. The highest BCUT2D eigenvalue weighted by atomic mass is 19.1. The predicted molar refractivity (Wildman–Crippen MR) is 146 cm³/mol. The summed E-state index contributed by atoms with van der Waals surface area (Å²) in [4.78, 5) is 25.1. The molecular weight excluding hydrogens is 499 g/mol. The van der Waals surface area contributed by atoms with Gasteiger partial charge in [-0.3, -0.25) is 14.3 Å². The van der Waals surface area contributed by atoms with Crippen molar-refractivity contribution in [3.63, 3.8) is 0 Å². The van der Waals surface area contributed by atoms with Crippen LogP contribution in [0.3, 0.4) is 0 Å². The zero-order chi connectivity index (χ0) is 27.9. The monoisotopic (exact) mass is 532 g/mol. The standard InChI is InChI=1S/C30H33FN4O4/c1-20(2)29-23(25(31)12-13-27(29)39-4)15-32-30(37)24-18-35(33-26(24)19-38-3)17-22-10-8-21(9-11-22)16-34-14-6-5-7-28(34)36/h5-14,18,20H,15-17,19H2,1-4H3,(H,32,37). The van der Waals surface area contributed by atoms with E-state index in [0.717, 1.165) is 16.7 Å². The second-order valence-electron chi connectivity index (χ2n) is 9.58. The van der Waals surface area contributed by atoms with E-state index in [0.29, 0.717) is 35.7 Å². The van der Waals surface area contributed by atoms with E-state index in [-0.39, 0.29) is 30.5 Å². The lowest BCUT2D eigenvalue weighted by Gasteiger charge is -2.18. The van der Waals surface area contributed by atoms with Crippen LogP contribution in [0.2, 0.25) is 0 Å². The molecule has 4 aromatic rings. The molecule has 0 spiro atoms. The van der Waals surface area contributed by atoms with E-state index in [9.17, 15) is 14.0 Å². The van der Waals surface area contributed by atoms with E-state index in [1.807, 2.05) is 44.2 Å². The third-order valence-electron chi connectivity index (χ3n) is 6.47. The highest BCUT2D eigenvalue weighted by molar-refractivity contribution is 5.95. The van der Waals surface area contributed by atoms with E-state index in [4.69, 9.17) is 9.47 Å². The Morgan fingerprint density at radius 3 is 2.38 bits per heavy atom. The molecule has 2 aromatic carbocycles. The Balaban J connectivity index is 1.48. The second-order valence-corrected chi connectivity index (χ2v) is 9.58. The number of ether oxygens (including phenoxy) is 2. The van der Waals surface area contributed by atoms with E-state index in [2.05, 4.69) is 10.4 Å². The van der Waals surface area contributed by atoms with E-state index in [1.54, 1.807) is 40.9 Å². The number of carbonyl (C=O) groups is 1. The Morgan fingerprint density at radius 1 is 1.03 bits per heavy atom. The van der Waals surface area contributed by atoms with Crippen LogP contribution >= 0.6 is 0 Å². The minimum atomic E-state index is -0.395. The SMILES string of the molecule is COCc1nn(Cc2ccc(Cn3ccccc3=O)cc2)cc1C(=O)NCc1c(F)ccc(OC)c1C(C)C. The molecule has 0 aliphatic rings. The maximum Gasteiger partial charge on any atom is 0.255 e. The quantitative estimate of drug-likeness (QED) is 0.308. The zero-order valence-corrected chi connectivity index (χ0v) is 22.6. The summed E-state index contributed by atoms with van der Waals surface area (Å²) < 4.78 is 28.8. The fraction of sp³-hybridized carbons (Fsp3) is 0.300. The van der Waals surface area contributed by atoms with Gasteiger partial charge in [0.2, 0.25) is 0 Å². The Kier molecular flexibility index (Phi) is 8.93. The highest BCUT2D eigenvalue weighted by Crippen LogP contribution is 2.31. The molecule has 0 saturated carbocycles. The number of hydrogen-bond donors (Lipinski definition) is 1. The molecule has 9 heteroatoms. The first-order chi connectivity index (χ1) is 18.8. The summed E-state index contributed by atoms with van der Waals surface area (Å²) in [5.74, 6) is -0.165. The number of benzene rings is 2. The zero-order valence-electron chi connectivity index (χ0n) is 22.6. The molecule has 0 unspecified atom stereocenters. The van der Waals surface area contributed by atoms with Crippen LogP contribution in [-0.4, -0.2) is 34.5 Å². The minimum absolute atomic E-state index is 0.00869. The number of halogens is 1. The molecule has 0 fully saturated rings. The van der Waals surface area contributed by atoms with Gasteiger partial charge in [-0.15, -0.1) is 0 Å². The molecule has 39 heavy (non-hydrogen) atoms. The van der Waals surface area contributed by atoms with Crippen molar-refractivity contribution in [2.24, 2.45) is 0 Å². The van der Waals surface area contributed by atoms with Gasteiger partial charge in [0.05, 0.1) is 32.4 Å². The summed E-state index contributed by atoms with van der Waals surface area (Å²) >= 11 is 0. The molecule has 2 heterocycles. The molecule has 4 rings (SSSR count). The van der Waals surface area contributed by atoms with Crippen molar-refractivity contribution in [2.75, 3.05) is 14.2 Å². The normalized spacial score (nSPS) is 11.1. The molecule has 2 aromatic heterocycles. The number of pyridine rings is 1. The molecule has 0 saturated heterocycles. The van der Waals surface area contributed by atoms with Gasteiger partial charge in [-0.2, -0.15) is 5.10 Å². The third kappa shape index (κ3) is 6.61. The predicted octanol–water partition coefficient (Wildman–Crippen LogP) is 4.49. The summed E-state index contributed by atoms with van der Waals surface area (Å²) in [5.41, 5.74) is 3.92. The van der Waals surface area contributed by atoms with Gasteiger partial charge in [0.15, 0.2) is 0 Å². The second kappa shape index (κ2) is 12.5. The van der Waals surface area contributed by atoms with Gasteiger partial charge in [-0.25, -0.2) is 4.39 Å². The molecule has 1 N–H and O–H groups in total. The number of amides is 1. The van der Waals surface area contributed by atoms with Gasteiger partial charge in [0.1, 0.15) is 17.3 Å². The molecule has 0 aliphatic heterocycles. The number of rotatable bonds is 11. The van der Waals surface area contributed by atoms with Crippen molar-refractivity contribution < 1.29 is 18.7 Å². The Labute approximate surface area is 227 Å². The molecule has 8 nitrogen and oxygen atoms in total. The largest absolute Gasteiger partial charge is 0.496 e. The maximum absolute atomic E-state index is 14.7. The lowest BCUT2D eigenvalue weighted by Crippen LogP contribution is -2.25. The number of methoxy groups -OCH3 is 2. The summed E-state index contributed by atoms with van der Waals surface area (Å²) in [6.07, 6.45) is 3.43. The van der Waals surface area contributed by atoms with Crippen LogP contribution in [0.1, 0.15) is 58.1 Å². The number of nitrogens with one attached hydrogen (secondary N) is 1. The van der Waals surface area contributed by atoms with Crippen LogP contribution in [0.25, 0.3) is 0 Å². The lowest BCUT2D eigenvalue weighted by molar-refractivity contribution is 0.0945. The Hall–Kier alpha value is -4.24. The summed E-state index contributed by atoms with van der Waals surface area (Å²) in [5, 5.41) is 7.40. The van der Waals surface area contributed by atoms with Crippen LogP contribution in [0.4, 0.5) is 4.39 Å². The smallest absolute Gasteiger partial charge is 0.255 e. The average molecular weight is 533 g/mol.